The number of carbonyl (C=O) groups excluding carboxylic acids is 1. The minimum atomic E-state index is -4.57. The van der Waals surface area contributed by atoms with Crippen LogP contribution in [0.4, 0.5) is 22.0 Å². The van der Waals surface area contributed by atoms with Gasteiger partial charge < -0.3 is 15.1 Å². The molecule has 4 aromatic rings. The standard InChI is InChI=1S/C13H8F2NO.C8H4F3N4.Ir/c1-8(17)12-10(14)6-5-9(13(12)15)11-4-2-3-7-16-11;9-8(10,11)7-13-6(14-15-7)5-3-1-2-4-12-5;/h2-4,6-7H,1H3;1-4H;/q2*-1;. The summed E-state index contributed by atoms with van der Waals surface area (Å²) in [6.45, 7) is 1.11. The van der Waals surface area contributed by atoms with Crippen molar-refractivity contribution in [1.82, 2.24) is 25.1 Å². The van der Waals surface area contributed by atoms with Crippen molar-refractivity contribution in [2.45, 2.75) is 13.1 Å². The average molecular weight is 638 g/mol. The quantitative estimate of drug-likeness (QED) is 0.187. The normalized spacial score (nSPS) is 10.6. The molecule has 0 fully saturated rings. The van der Waals surface area contributed by atoms with E-state index < -0.39 is 35.0 Å². The molecule has 3 aromatic heterocycles. The zero-order valence-electron chi connectivity index (χ0n) is 16.6. The maximum atomic E-state index is 13.9. The van der Waals surface area contributed by atoms with Crippen molar-refractivity contribution < 1.29 is 46.9 Å². The monoisotopic (exact) mass is 638 g/mol. The number of hydrogen-bond acceptors (Lipinski definition) is 5. The Morgan fingerprint density at radius 3 is 2.09 bits per heavy atom. The van der Waals surface area contributed by atoms with Crippen molar-refractivity contribution in [3.63, 3.8) is 0 Å². The van der Waals surface area contributed by atoms with Crippen molar-refractivity contribution in [3.05, 3.63) is 83.9 Å². The molecule has 0 bridgehead atoms. The Morgan fingerprint density at radius 2 is 1.61 bits per heavy atom. The molecular weight excluding hydrogens is 625 g/mol. The number of halogens is 5. The summed E-state index contributed by atoms with van der Waals surface area (Å²) in [6, 6.07) is 13.1. The molecule has 0 saturated heterocycles. The van der Waals surface area contributed by atoms with Gasteiger partial charge in [-0.05, 0) is 36.6 Å². The van der Waals surface area contributed by atoms with Crippen LogP contribution in [-0.4, -0.2) is 25.8 Å². The van der Waals surface area contributed by atoms with E-state index >= 15 is 0 Å². The van der Waals surface area contributed by atoms with E-state index in [4.69, 9.17) is 0 Å². The number of ketones is 1. The maximum absolute atomic E-state index is 13.9. The van der Waals surface area contributed by atoms with E-state index in [2.05, 4.69) is 31.2 Å². The number of benzene rings is 1. The predicted molar refractivity (Wildman–Crippen MR) is 102 cm³/mol. The molecule has 0 atom stereocenters. The van der Waals surface area contributed by atoms with Crippen molar-refractivity contribution in [1.29, 1.82) is 0 Å². The summed E-state index contributed by atoms with van der Waals surface area (Å²) in [5, 5.41) is 6.25. The summed E-state index contributed by atoms with van der Waals surface area (Å²) in [6.07, 6.45) is -1.64. The van der Waals surface area contributed by atoms with Gasteiger partial charge >= 0.3 is 6.18 Å². The van der Waals surface area contributed by atoms with Gasteiger partial charge in [-0.2, -0.15) is 13.2 Å². The average Bonchev–Trinajstić information content (AvgIpc) is 3.26. The van der Waals surface area contributed by atoms with Crippen LogP contribution in [-0.2, 0) is 26.3 Å². The number of rotatable bonds is 3. The SMILES string of the molecule is CC(=O)c1c(F)c[c-]c(-c2ccccn2)c1F.FC(F)(F)c1n[n-]c(-c2ccccn2)n1.[Ir]. The minimum Gasteiger partial charge on any atom is -0.413 e. The maximum Gasteiger partial charge on any atom is 0.429 e. The van der Waals surface area contributed by atoms with Gasteiger partial charge in [-0.3, -0.25) is 23.7 Å². The van der Waals surface area contributed by atoms with Gasteiger partial charge in [0.15, 0.2) is 0 Å². The summed E-state index contributed by atoms with van der Waals surface area (Å²) < 4.78 is 63.6. The molecule has 0 N–H and O–H groups in total. The molecular formula is C21H12F5IrN5O-2. The fraction of sp³-hybridized carbons (Fsp3) is 0.0952. The number of nitrogens with zero attached hydrogens (tertiary/aromatic N) is 5. The van der Waals surface area contributed by atoms with E-state index in [1.54, 1.807) is 30.3 Å². The van der Waals surface area contributed by atoms with E-state index in [1.165, 1.54) is 18.5 Å². The van der Waals surface area contributed by atoms with Crippen molar-refractivity contribution in [2.75, 3.05) is 0 Å². The Balaban J connectivity index is 0.000000228. The fourth-order valence-corrected chi connectivity index (χ4v) is 2.48. The van der Waals surface area contributed by atoms with Crippen LogP contribution >= 0.6 is 0 Å². The van der Waals surface area contributed by atoms with Crippen LogP contribution in [0.25, 0.3) is 22.8 Å². The van der Waals surface area contributed by atoms with Gasteiger partial charge in [0.1, 0.15) is 11.6 Å². The van der Waals surface area contributed by atoms with Gasteiger partial charge in [0.2, 0.25) is 0 Å². The second-order valence-electron chi connectivity index (χ2n) is 6.14. The van der Waals surface area contributed by atoms with Gasteiger partial charge in [-0.15, -0.1) is 12.1 Å². The van der Waals surface area contributed by atoms with Gasteiger partial charge in [-0.25, -0.2) is 0 Å². The summed E-state index contributed by atoms with van der Waals surface area (Å²) >= 11 is 0. The molecule has 0 aliphatic rings. The van der Waals surface area contributed by atoms with Gasteiger partial charge in [0.05, 0.1) is 17.3 Å². The van der Waals surface area contributed by atoms with Crippen molar-refractivity contribution >= 4 is 5.78 Å². The molecule has 0 saturated carbocycles. The van der Waals surface area contributed by atoms with Crippen LogP contribution < -0.4 is 5.10 Å². The number of carbonyl (C=O) groups is 1. The van der Waals surface area contributed by atoms with E-state index in [9.17, 15) is 26.7 Å². The smallest absolute Gasteiger partial charge is 0.413 e. The van der Waals surface area contributed by atoms with Crippen LogP contribution in [0.3, 0.4) is 0 Å². The third kappa shape index (κ3) is 6.33. The first kappa shape index (κ1) is 25.9. The predicted octanol–water partition coefficient (Wildman–Crippen LogP) is 4.54. The van der Waals surface area contributed by atoms with E-state index in [0.29, 0.717) is 5.69 Å². The number of Topliss-reactive ketones (excluding diaryl/α,β-unsaturated/α-hetero) is 1. The van der Waals surface area contributed by atoms with Crippen LogP contribution in [0.2, 0.25) is 0 Å². The molecule has 4 rings (SSSR count). The molecule has 0 aliphatic heterocycles. The third-order valence-electron chi connectivity index (χ3n) is 3.89. The number of alkyl halides is 3. The number of hydrogen-bond donors (Lipinski definition) is 0. The Hall–Kier alpha value is -3.37. The molecule has 3 heterocycles. The second kappa shape index (κ2) is 11.0. The van der Waals surface area contributed by atoms with Crippen molar-refractivity contribution in [3.8, 4) is 22.8 Å². The Bertz CT molecular complexity index is 1220. The van der Waals surface area contributed by atoms with Crippen LogP contribution in [0.5, 0.6) is 0 Å². The van der Waals surface area contributed by atoms with Crippen molar-refractivity contribution in [2.24, 2.45) is 0 Å². The van der Waals surface area contributed by atoms with E-state index in [1.807, 2.05) is 0 Å². The summed E-state index contributed by atoms with van der Waals surface area (Å²) in [5.74, 6) is -3.86. The first-order chi connectivity index (χ1) is 15.2. The number of aromatic nitrogens is 5. The fourth-order valence-electron chi connectivity index (χ4n) is 2.48. The molecule has 33 heavy (non-hydrogen) atoms. The zero-order valence-corrected chi connectivity index (χ0v) is 19.0. The van der Waals surface area contributed by atoms with Gasteiger partial charge in [-0.1, -0.05) is 23.8 Å². The third-order valence-corrected chi connectivity index (χ3v) is 3.89. The molecule has 12 heteroatoms. The largest absolute Gasteiger partial charge is 0.429 e. The molecule has 0 spiro atoms. The molecule has 0 unspecified atom stereocenters. The molecule has 6 nitrogen and oxygen atoms in total. The molecule has 0 amide bonds. The van der Waals surface area contributed by atoms with E-state index in [0.717, 1.165) is 13.0 Å². The Kier molecular flexibility index (Phi) is 8.61. The van der Waals surface area contributed by atoms with Crippen LogP contribution in [0.1, 0.15) is 23.1 Å². The van der Waals surface area contributed by atoms with Crippen LogP contribution in [0, 0.1) is 17.7 Å². The Morgan fingerprint density at radius 1 is 1.00 bits per heavy atom. The second-order valence-corrected chi connectivity index (χ2v) is 6.14. The number of pyridine rings is 2. The first-order valence-corrected chi connectivity index (χ1v) is 8.86. The van der Waals surface area contributed by atoms with E-state index in [-0.39, 0.29) is 37.2 Å². The summed E-state index contributed by atoms with van der Waals surface area (Å²) in [4.78, 5) is 22.1. The molecule has 173 valence electrons. The van der Waals surface area contributed by atoms with Crippen LogP contribution in [0.15, 0.2) is 54.9 Å². The topological polar surface area (TPSA) is 82.7 Å². The van der Waals surface area contributed by atoms with Gasteiger partial charge in [0.25, 0.3) is 0 Å². The first-order valence-electron chi connectivity index (χ1n) is 8.86. The summed E-state index contributed by atoms with van der Waals surface area (Å²) in [7, 11) is 0. The molecule has 1 radical (unpaired) electrons. The molecule has 1 aromatic carbocycles. The Labute approximate surface area is 197 Å². The minimum absolute atomic E-state index is 0. The molecule has 0 aliphatic carbocycles. The summed E-state index contributed by atoms with van der Waals surface area (Å²) in [5.41, 5.74) is 0.0228. The van der Waals surface area contributed by atoms with Gasteiger partial charge in [0, 0.05) is 38.1 Å². The zero-order chi connectivity index (χ0) is 23.3.